The van der Waals surface area contributed by atoms with Crippen molar-refractivity contribution >= 4 is 15.9 Å². The Bertz CT molecular complexity index is 275. The molecule has 1 aromatic heterocycles. The van der Waals surface area contributed by atoms with Gasteiger partial charge in [-0.15, -0.1) is 6.58 Å². The minimum absolute atomic E-state index is 0.0550. The summed E-state index contributed by atoms with van der Waals surface area (Å²) in [5.74, 6) is 5.43. The van der Waals surface area contributed by atoms with Crippen molar-refractivity contribution in [2.75, 3.05) is 0 Å². The number of nitrogens with zero attached hydrogens (tertiary/aromatic N) is 2. The van der Waals surface area contributed by atoms with Gasteiger partial charge >= 0.3 is 0 Å². The van der Waals surface area contributed by atoms with E-state index in [4.69, 9.17) is 5.84 Å². The summed E-state index contributed by atoms with van der Waals surface area (Å²) in [5, 5.41) is 4.11. The largest absolute Gasteiger partial charge is 0.271 e. The zero-order valence-corrected chi connectivity index (χ0v) is 9.08. The first-order chi connectivity index (χ1) is 6.20. The number of aryl methyl sites for hydroxylation is 1. The van der Waals surface area contributed by atoms with E-state index in [9.17, 15) is 0 Å². The van der Waals surface area contributed by atoms with Gasteiger partial charge in [0.05, 0.1) is 22.4 Å². The van der Waals surface area contributed by atoms with Gasteiger partial charge in [0, 0.05) is 7.05 Å². The molecule has 0 saturated heterocycles. The van der Waals surface area contributed by atoms with E-state index < -0.39 is 0 Å². The van der Waals surface area contributed by atoms with Gasteiger partial charge in [-0.25, -0.2) is 0 Å². The number of hydrogen-bond donors (Lipinski definition) is 2. The lowest BCUT2D eigenvalue weighted by molar-refractivity contribution is 0.514. The van der Waals surface area contributed by atoms with Crippen molar-refractivity contribution in [3.63, 3.8) is 0 Å². The quantitative estimate of drug-likeness (QED) is 0.477. The molecule has 1 heterocycles. The minimum Gasteiger partial charge on any atom is -0.271 e. The van der Waals surface area contributed by atoms with Gasteiger partial charge in [-0.1, -0.05) is 6.08 Å². The summed E-state index contributed by atoms with van der Waals surface area (Å²) < 4.78 is 2.75. The van der Waals surface area contributed by atoms with Crippen LogP contribution in [0, 0.1) is 0 Å². The lowest BCUT2D eigenvalue weighted by atomic mass is 10.1. The number of aromatic nitrogens is 2. The van der Waals surface area contributed by atoms with E-state index in [1.54, 1.807) is 10.9 Å². The topological polar surface area (TPSA) is 55.9 Å². The molecular formula is C8H13BrN4. The van der Waals surface area contributed by atoms with Gasteiger partial charge in [0.1, 0.15) is 0 Å². The maximum absolute atomic E-state index is 5.43. The molecule has 0 aliphatic heterocycles. The molecule has 13 heavy (non-hydrogen) atoms. The molecule has 4 nitrogen and oxygen atoms in total. The highest BCUT2D eigenvalue weighted by molar-refractivity contribution is 9.10. The summed E-state index contributed by atoms with van der Waals surface area (Å²) in [7, 11) is 1.88. The Hall–Kier alpha value is -0.650. The van der Waals surface area contributed by atoms with Crippen LogP contribution in [0.5, 0.6) is 0 Å². The second-order valence-corrected chi connectivity index (χ2v) is 3.60. The average molecular weight is 245 g/mol. The van der Waals surface area contributed by atoms with Crippen LogP contribution in [0.3, 0.4) is 0 Å². The molecule has 0 saturated carbocycles. The van der Waals surface area contributed by atoms with Gasteiger partial charge in [-0.2, -0.15) is 5.10 Å². The van der Waals surface area contributed by atoms with Gasteiger partial charge in [-0.3, -0.25) is 16.0 Å². The van der Waals surface area contributed by atoms with E-state index in [2.05, 4.69) is 33.0 Å². The fraction of sp³-hybridized carbons (Fsp3) is 0.375. The van der Waals surface area contributed by atoms with E-state index in [1.165, 1.54) is 0 Å². The van der Waals surface area contributed by atoms with Gasteiger partial charge in [-0.05, 0) is 22.4 Å². The van der Waals surface area contributed by atoms with Crippen LogP contribution in [0.15, 0.2) is 23.3 Å². The minimum atomic E-state index is 0.0550. The Kier molecular flexibility index (Phi) is 3.65. The van der Waals surface area contributed by atoms with E-state index in [0.717, 1.165) is 16.6 Å². The van der Waals surface area contributed by atoms with Crippen LogP contribution in [0.4, 0.5) is 0 Å². The zero-order valence-electron chi connectivity index (χ0n) is 7.50. The molecule has 0 radical (unpaired) electrons. The standard InChI is InChI=1S/C8H13BrN4/c1-3-4-7(12-10)8-6(9)5-11-13(8)2/h3,5,7,12H,1,4,10H2,2H3. The summed E-state index contributed by atoms with van der Waals surface area (Å²) in [6, 6.07) is 0.0550. The first kappa shape index (κ1) is 10.4. The molecule has 3 N–H and O–H groups in total. The molecule has 0 bridgehead atoms. The summed E-state index contributed by atoms with van der Waals surface area (Å²) in [6.07, 6.45) is 4.35. The van der Waals surface area contributed by atoms with E-state index >= 15 is 0 Å². The SMILES string of the molecule is C=CCC(NN)c1c(Br)cnn1C. The summed E-state index contributed by atoms with van der Waals surface area (Å²) >= 11 is 3.42. The van der Waals surface area contributed by atoms with Crippen molar-refractivity contribution in [1.82, 2.24) is 15.2 Å². The lowest BCUT2D eigenvalue weighted by Crippen LogP contribution is -2.29. The predicted molar refractivity (Wildman–Crippen MR) is 55.8 cm³/mol. The first-order valence-electron chi connectivity index (χ1n) is 3.95. The second-order valence-electron chi connectivity index (χ2n) is 2.74. The number of hydrazine groups is 1. The van der Waals surface area contributed by atoms with Crippen LogP contribution in [0.25, 0.3) is 0 Å². The van der Waals surface area contributed by atoms with Gasteiger partial charge in [0.25, 0.3) is 0 Å². The van der Waals surface area contributed by atoms with E-state index in [1.807, 2.05) is 13.1 Å². The van der Waals surface area contributed by atoms with E-state index in [-0.39, 0.29) is 6.04 Å². The molecule has 1 unspecified atom stereocenters. The third-order valence-corrected chi connectivity index (χ3v) is 2.48. The fourth-order valence-corrected chi connectivity index (χ4v) is 1.86. The number of nitrogens with one attached hydrogen (secondary N) is 1. The van der Waals surface area contributed by atoms with Gasteiger partial charge in [0.2, 0.25) is 0 Å². The smallest absolute Gasteiger partial charge is 0.0709 e. The van der Waals surface area contributed by atoms with Crippen molar-refractivity contribution in [3.8, 4) is 0 Å². The molecule has 72 valence electrons. The van der Waals surface area contributed by atoms with Gasteiger partial charge in [0.15, 0.2) is 0 Å². The molecule has 0 aliphatic carbocycles. The molecule has 5 heteroatoms. The molecule has 1 rings (SSSR count). The summed E-state index contributed by atoms with van der Waals surface area (Å²) in [4.78, 5) is 0. The Balaban J connectivity index is 2.95. The molecule has 0 aliphatic rings. The molecule has 0 aromatic carbocycles. The van der Waals surface area contributed by atoms with E-state index in [0.29, 0.717) is 0 Å². The Morgan fingerprint density at radius 3 is 3.00 bits per heavy atom. The number of hydrogen-bond acceptors (Lipinski definition) is 3. The Morgan fingerprint density at radius 2 is 2.62 bits per heavy atom. The highest BCUT2D eigenvalue weighted by atomic mass is 79.9. The van der Waals surface area contributed by atoms with Crippen molar-refractivity contribution < 1.29 is 0 Å². The molecule has 0 spiro atoms. The van der Waals surface area contributed by atoms with Crippen molar-refractivity contribution in [2.24, 2.45) is 12.9 Å². The normalized spacial score (nSPS) is 12.8. The van der Waals surface area contributed by atoms with Crippen LogP contribution >= 0.6 is 15.9 Å². The summed E-state index contributed by atoms with van der Waals surface area (Å²) in [6.45, 7) is 3.68. The Labute approximate surface area is 85.9 Å². The van der Waals surface area contributed by atoms with Crippen molar-refractivity contribution in [1.29, 1.82) is 0 Å². The molecule has 0 fully saturated rings. The average Bonchev–Trinajstić information content (AvgIpc) is 2.43. The molecule has 1 atom stereocenters. The van der Waals surface area contributed by atoms with Crippen LogP contribution in [-0.4, -0.2) is 9.78 Å². The number of nitrogens with two attached hydrogens (primary N) is 1. The summed E-state index contributed by atoms with van der Waals surface area (Å²) in [5.41, 5.74) is 3.75. The third kappa shape index (κ3) is 2.18. The molecular weight excluding hydrogens is 232 g/mol. The van der Waals surface area contributed by atoms with Crippen LogP contribution in [0.1, 0.15) is 18.2 Å². The van der Waals surface area contributed by atoms with Crippen LogP contribution in [0.2, 0.25) is 0 Å². The lowest BCUT2D eigenvalue weighted by Gasteiger charge is -2.14. The second kappa shape index (κ2) is 4.55. The van der Waals surface area contributed by atoms with Crippen LogP contribution < -0.4 is 11.3 Å². The fourth-order valence-electron chi connectivity index (χ4n) is 1.24. The predicted octanol–water partition coefficient (Wildman–Crippen LogP) is 1.26. The molecule has 0 amide bonds. The highest BCUT2D eigenvalue weighted by Crippen LogP contribution is 2.24. The maximum atomic E-state index is 5.43. The monoisotopic (exact) mass is 244 g/mol. The maximum Gasteiger partial charge on any atom is 0.0709 e. The van der Waals surface area contributed by atoms with Crippen molar-refractivity contribution in [3.05, 3.63) is 29.0 Å². The number of halogens is 1. The Morgan fingerprint density at radius 1 is 1.92 bits per heavy atom. The number of rotatable bonds is 4. The molecule has 1 aromatic rings. The first-order valence-corrected chi connectivity index (χ1v) is 4.74. The van der Waals surface area contributed by atoms with Crippen LogP contribution in [-0.2, 0) is 7.05 Å². The zero-order chi connectivity index (χ0) is 9.84. The highest BCUT2D eigenvalue weighted by Gasteiger charge is 2.15. The van der Waals surface area contributed by atoms with Crippen molar-refractivity contribution in [2.45, 2.75) is 12.5 Å². The third-order valence-electron chi connectivity index (χ3n) is 1.87. The van der Waals surface area contributed by atoms with Gasteiger partial charge < -0.3 is 0 Å².